The first-order valence-electron chi connectivity index (χ1n) is 5.93. The van der Waals surface area contributed by atoms with Crippen molar-refractivity contribution in [2.75, 3.05) is 0 Å². The number of aromatic nitrogens is 5. The molecule has 3 aromatic rings. The molecule has 0 atom stereocenters. The molecule has 3 aromatic heterocycles. The van der Waals surface area contributed by atoms with Gasteiger partial charge in [0.05, 0.1) is 24.8 Å². The molecule has 6 nitrogen and oxygen atoms in total. The predicted octanol–water partition coefficient (Wildman–Crippen LogP) is 2.60. The third-order valence-corrected chi connectivity index (χ3v) is 4.17. The average molecular weight is 310 g/mol. The van der Waals surface area contributed by atoms with Gasteiger partial charge in [-0.05, 0) is 12.1 Å². The van der Waals surface area contributed by atoms with Gasteiger partial charge < -0.3 is 13.6 Å². The molecule has 3 heterocycles. The van der Waals surface area contributed by atoms with Crippen LogP contribution in [0.25, 0.3) is 0 Å². The van der Waals surface area contributed by atoms with Gasteiger partial charge in [0.15, 0.2) is 5.16 Å². The lowest BCUT2D eigenvalue weighted by Gasteiger charge is -2.04. The number of thioether (sulfide) groups is 1. The van der Waals surface area contributed by atoms with Crippen LogP contribution in [-0.4, -0.2) is 24.3 Å². The van der Waals surface area contributed by atoms with Gasteiger partial charge in [-0.1, -0.05) is 23.4 Å². The first kappa shape index (κ1) is 13.3. The molecule has 0 aromatic carbocycles. The lowest BCUT2D eigenvalue weighted by molar-refractivity contribution is 0.484. The van der Waals surface area contributed by atoms with Gasteiger partial charge in [0.2, 0.25) is 0 Å². The van der Waals surface area contributed by atoms with Crippen LogP contribution in [0.5, 0.6) is 0 Å². The Bertz CT molecular complexity index is 691. The Morgan fingerprint density at radius 1 is 1.45 bits per heavy atom. The third kappa shape index (κ3) is 2.73. The van der Waals surface area contributed by atoms with Crippen molar-refractivity contribution in [3.63, 3.8) is 0 Å². The quantitative estimate of drug-likeness (QED) is 0.678. The Morgan fingerprint density at radius 2 is 2.35 bits per heavy atom. The van der Waals surface area contributed by atoms with Crippen molar-refractivity contribution < 1.29 is 4.42 Å². The van der Waals surface area contributed by atoms with E-state index in [2.05, 4.69) is 15.2 Å². The molecule has 0 radical (unpaired) electrons. The van der Waals surface area contributed by atoms with Crippen LogP contribution in [0.1, 0.15) is 11.6 Å². The van der Waals surface area contributed by atoms with Gasteiger partial charge in [0, 0.05) is 7.05 Å². The maximum Gasteiger partial charge on any atom is 0.191 e. The normalized spacial score (nSPS) is 11.1. The van der Waals surface area contributed by atoms with E-state index in [-0.39, 0.29) is 0 Å². The molecule has 104 valence electrons. The van der Waals surface area contributed by atoms with Crippen molar-refractivity contribution in [1.82, 2.24) is 24.3 Å². The van der Waals surface area contributed by atoms with Crippen LogP contribution in [0.15, 0.2) is 40.5 Å². The van der Waals surface area contributed by atoms with E-state index >= 15 is 0 Å². The predicted molar refractivity (Wildman–Crippen MR) is 75.6 cm³/mol. The maximum atomic E-state index is 5.96. The van der Waals surface area contributed by atoms with Gasteiger partial charge in [0.25, 0.3) is 0 Å². The zero-order valence-corrected chi connectivity index (χ0v) is 12.3. The van der Waals surface area contributed by atoms with Crippen molar-refractivity contribution >= 4 is 23.4 Å². The summed E-state index contributed by atoms with van der Waals surface area (Å²) in [7, 11) is 1.89. The number of furan rings is 1. The number of nitrogens with zero attached hydrogens (tertiary/aromatic N) is 5. The van der Waals surface area contributed by atoms with Gasteiger partial charge in [-0.15, -0.1) is 10.2 Å². The Balaban J connectivity index is 1.69. The van der Waals surface area contributed by atoms with Gasteiger partial charge in [-0.2, -0.15) is 0 Å². The summed E-state index contributed by atoms with van der Waals surface area (Å²) in [5.74, 6) is 2.44. The van der Waals surface area contributed by atoms with E-state index in [1.54, 1.807) is 30.5 Å². The van der Waals surface area contributed by atoms with Gasteiger partial charge in [-0.3, -0.25) is 0 Å². The molecule has 20 heavy (non-hydrogen) atoms. The highest BCUT2D eigenvalue weighted by atomic mass is 35.5. The third-order valence-electron chi connectivity index (χ3n) is 2.84. The van der Waals surface area contributed by atoms with Crippen LogP contribution in [0, 0.1) is 0 Å². The van der Waals surface area contributed by atoms with Gasteiger partial charge >= 0.3 is 0 Å². The molecule has 0 spiro atoms. The van der Waals surface area contributed by atoms with Gasteiger partial charge in [-0.25, -0.2) is 4.98 Å². The van der Waals surface area contributed by atoms with E-state index in [0.717, 1.165) is 16.7 Å². The van der Waals surface area contributed by atoms with E-state index in [1.807, 2.05) is 28.3 Å². The number of hydrogen-bond acceptors (Lipinski definition) is 5. The molecule has 0 aliphatic rings. The minimum Gasteiger partial charge on any atom is -0.467 e. The summed E-state index contributed by atoms with van der Waals surface area (Å²) < 4.78 is 9.12. The number of hydrogen-bond donors (Lipinski definition) is 0. The standard InChI is InChI=1S/C12H12ClN5OS/c1-17-10(13)5-14-11(17)7-20-12-16-15-8-18(12)6-9-3-2-4-19-9/h2-5,8H,6-7H2,1H3. The van der Waals surface area contributed by atoms with Crippen LogP contribution < -0.4 is 0 Å². The van der Waals surface area contributed by atoms with E-state index in [1.165, 1.54) is 0 Å². The highest BCUT2D eigenvalue weighted by molar-refractivity contribution is 7.98. The first-order valence-corrected chi connectivity index (χ1v) is 7.29. The molecule has 0 unspecified atom stereocenters. The molecular formula is C12H12ClN5OS. The monoisotopic (exact) mass is 309 g/mol. The molecular weight excluding hydrogens is 298 g/mol. The Labute approximate surface area is 124 Å². The minimum absolute atomic E-state index is 0.615. The zero-order chi connectivity index (χ0) is 13.9. The number of halogens is 1. The molecule has 0 N–H and O–H groups in total. The molecule has 0 bridgehead atoms. The number of rotatable bonds is 5. The minimum atomic E-state index is 0.615. The van der Waals surface area contributed by atoms with Crippen molar-refractivity contribution in [2.45, 2.75) is 17.5 Å². The second kappa shape index (κ2) is 5.72. The molecule has 0 amide bonds. The fraction of sp³-hybridized carbons (Fsp3) is 0.250. The Morgan fingerprint density at radius 3 is 3.05 bits per heavy atom. The van der Waals surface area contributed by atoms with Crippen LogP contribution >= 0.6 is 23.4 Å². The molecule has 8 heteroatoms. The zero-order valence-electron chi connectivity index (χ0n) is 10.7. The summed E-state index contributed by atoms with van der Waals surface area (Å²) in [6.45, 7) is 0.615. The average Bonchev–Trinajstić information content (AvgIpc) is 3.15. The van der Waals surface area contributed by atoms with E-state index in [9.17, 15) is 0 Å². The lowest BCUT2D eigenvalue weighted by Crippen LogP contribution is -2.01. The van der Waals surface area contributed by atoms with Crippen LogP contribution in [-0.2, 0) is 19.3 Å². The molecule has 0 saturated carbocycles. The van der Waals surface area contributed by atoms with E-state index in [4.69, 9.17) is 16.0 Å². The largest absolute Gasteiger partial charge is 0.467 e. The summed E-state index contributed by atoms with van der Waals surface area (Å²) in [5, 5.41) is 9.50. The van der Waals surface area contributed by atoms with Crippen molar-refractivity contribution in [3.8, 4) is 0 Å². The van der Waals surface area contributed by atoms with Crippen molar-refractivity contribution in [2.24, 2.45) is 7.05 Å². The molecule has 3 rings (SSSR count). The van der Waals surface area contributed by atoms with Crippen molar-refractivity contribution in [3.05, 3.63) is 47.7 Å². The summed E-state index contributed by atoms with van der Waals surface area (Å²) in [5.41, 5.74) is 0. The Kier molecular flexibility index (Phi) is 3.79. The molecule has 0 fully saturated rings. The van der Waals surface area contributed by atoms with Crippen LogP contribution in [0.4, 0.5) is 0 Å². The van der Waals surface area contributed by atoms with Gasteiger partial charge in [0.1, 0.15) is 23.1 Å². The number of imidazole rings is 1. The maximum absolute atomic E-state index is 5.96. The Hall–Kier alpha value is -1.73. The lowest BCUT2D eigenvalue weighted by atomic mass is 10.4. The first-order chi connectivity index (χ1) is 9.74. The van der Waals surface area contributed by atoms with E-state index in [0.29, 0.717) is 17.5 Å². The molecule has 0 aliphatic carbocycles. The molecule has 0 saturated heterocycles. The summed E-state index contributed by atoms with van der Waals surface area (Å²) in [6, 6.07) is 3.79. The summed E-state index contributed by atoms with van der Waals surface area (Å²) in [4.78, 5) is 4.25. The van der Waals surface area contributed by atoms with Crippen molar-refractivity contribution in [1.29, 1.82) is 0 Å². The smallest absolute Gasteiger partial charge is 0.191 e. The summed E-state index contributed by atoms with van der Waals surface area (Å²) >= 11 is 7.52. The second-order valence-corrected chi connectivity index (χ2v) is 5.50. The fourth-order valence-electron chi connectivity index (χ4n) is 1.72. The summed E-state index contributed by atoms with van der Waals surface area (Å²) in [6.07, 6.45) is 4.99. The molecule has 0 aliphatic heterocycles. The van der Waals surface area contributed by atoms with Crippen LogP contribution in [0.2, 0.25) is 5.15 Å². The van der Waals surface area contributed by atoms with E-state index < -0.39 is 0 Å². The topological polar surface area (TPSA) is 61.7 Å². The highest BCUT2D eigenvalue weighted by Gasteiger charge is 2.10. The highest BCUT2D eigenvalue weighted by Crippen LogP contribution is 2.22. The fourth-order valence-corrected chi connectivity index (χ4v) is 2.78. The van der Waals surface area contributed by atoms with Crippen LogP contribution in [0.3, 0.4) is 0 Å². The second-order valence-electron chi connectivity index (χ2n) is 4.17. The SMILES string of the molecule is Cn1c(Cl)cnc1CSc1nncn1Cc1ccco1.